The van der Waals surface area contributed by atoms with Crippen LogP contribution in [0.5, 0.6) is 0 Å². The Morgan fingerprint density at radius 1 is 1.06 bits per heavy atom. The van der Waals surface area contributed by atoms with Crippen LogP contribution in [0.15, 0.2) is 48.5 Å². The summed E-state index contributed by atoms with van der Waals surface area (Å²) >= 11 is 0. The molecular weight excluding hydrogens is 422 g/mol. The number of ether oxygens (including phenoxy) is 1. The summed E-state index contributed by atoms with van der Waals surface area (Å²) in [5.41, 5.74) is 4.53. The fourth-order valence-corrected chi connectivity index (χ4v) is 4.68. The first-order valence-electron chi connectivity index (χ1n) is 11.2. The number of hydrogen-bond acceptors (Lipinski definition) is 5. The Morgan fingerprint density at radius 3 is 2.24 bits per heavy atom. The van der Waals surface area contributed by atoms with E-state index in [0.29, 0.717) is 19.5 Å². The highest BCUT2D eigenvalue weighted by Gasteiger charge is 2.35. The number of benzene rings is 2. The number of hydrogen-bond donors (Lipinski definition) is 2. The van der Waals surface area contributed by atoms with Crippen LogP contribution in [-0.4, -0.2) is 78.2 Å². The summed E-state index contributed by atoms with van der Waals surface area (Å²) in [5, 5.41) is 12.1. The van der Waals surface area contributed by atoms with E-state index in [1.165, 1.54) is 4.90 Å². The van der Waals surface area contributed by atoms with Crippen molar-refractivity contribution >= 4 is 18.0 Å². The van der Waals surface area contributed by atoms with Crippen LogP contribution in [-0.2, 0) is 14.3 Å². The summed E-state index contributed by atoms with van der Waals surface area (Å²) < 4.78 is 5.56. The third-order valence-corrected chi connectivity index (χ3v) is 6.59. The third-order valence-electron chi connectivity index (χ3n) is 6.59. The van der Waals surface area contributed by atoms with E-state index < -0.39 is 24.1 Å². The summed E-state index contributed by atoms with van der Waals surface area (Å²) in [6.45, 7) is 2.94. The van der Waals surface area contributed by atoms with Gasteiger partial charge in [-0.3, -0.25) is 14.5 Å². The lowest BCUT2D eigenvalue weighted by atomic mass is 9.98. The van der Waals surface area contributed by atoms with Gasteiger partial charge in [0.2, 0.25) is 5.91 Å². The Balaban J connectivity index is 1.38. The molecule has 0 spiro atoms. The number of carbonyl (C=O) groups excluding carboxylic acids is 2. The van der Waals surface area contributed by atoms with E-state index in [0.717, 1.165) is 22.3 Å². The number of piperazine rings is 1. The second-order valence-corrected chi connectivity index (χ2v) is 8.55. The Hall–Kier alpha value is -3.39. The van der Waals surface area contributed by atoms with Crippen molar-refractivity contribution in [3.63, 3.8) is 0 Å². The molecule has 0 bridgehead atoms. The van der Waals surface area contributed by atoms with Crippen molar-refractivity contribution < 1.29 is 24.2 Å². The minimum Gasteiger partial charge on any atom is -0.480 e. The van der Waals surface area contributed by atoms with Gasteiger partial charge >= 0.3 is 12.1 Å². The summed E-state index contributed by atoms with van der Waals surface area (Å²) in [7, 11) is 1.73. The van der Waals surface area contributed by atoms with Gasteiger partial charge in [0, 0.05) is 25.6 Å². The van der Waals surface area contributed by atoms with Crippen molar-refractivity contribution in [3.8, 4) is 11.1 Å². The normalized spacial score (nSPS) is 18.8. The molecule has 1 fully saturated rings. The Morgan fingerprint density at radius 2 is 1.67 bits per heavy atom. The summed E-state index contributed by atoms with van der Waals surface area (Å²) in [5.74, 6) is -1.31. The highest BCUT2D eigenvalue weighted by molar-refractivity contribution is 5.86. The fourth-order valence-electron chi connectivity index (χ4n) is 4.68. The zero-order valence-electron chi connectivity index (χ0n) is 18.9. The van der Waals surface area contributed by atoms with Crippen LogP contribution in [0.25, 0.3) is 11.1 Å². The second kappa shape index (κ2) is 9.62. The molecule has 33 heavy (non-hydrogen) atoms. The van der Waals surface area contributed by atoms with Gasteiger partial charge in [-0.1, -0.05) is 55.5 Å². The Kier molecular flexibility index (Phi) is 6.65. The maximum atomic E-state index is 13.0. The molecule has 1 unspecified atom stereocenters. The number of amides is 2. The van der Waals surface area contributed by atoms with E-state index >= 15 is 0 Å². The Bertz CT molecular complexity index is 1010. The van der Waals surface area contributed by atoms with Gasteiger partial charge in [-0.2, -0.15) is 0 Å². The van der Waals surface area contributed by atoms with Crippen molar-refractivity contribution in [1.29, 1.82) is 0 Å². The first-order chi connectivity index (χ1) is 15.9. The number of nitrogens with zero attached hydrogens (tertiary/aromatic N) is 2. The van der Waals surface area contributed by atoms with E-state index in [9.17, 15) is 19.5 Å². The molecule has 174 valence electrons. The molecule has 0 aromatic heterocycles. The molecule has 8 heteroatoms. The van der Waals surface area contributed by atoms with Crippen molar-refractivity contribution in [3.05, 3.63) is 59.7 Å². The zero-order chi connectivity index (χ0) is 23.5. The average molecular weight is 452 g/mol. The maximum absolute atomic E-state index is 13.0. The molecule has 2 amide bonds. The minimum absolute atomic E-state index is 0.0621. The highest BCUT2D eigenvalue weighted by Crippen LogP contribution is 2.44. The van der Waals surface area contributed by atoms with Gasteiger partial charge < -0.3 is 20.1 Å². The van der Waals surface area contributed by atoms with Gasteiger partial charge in [-0.25, -0.2) is 4.79 Å². The first-order valence-corrected chi connectivity index (χ1v) is 11.2. The second-order valence-electron chi connectivity index (χ2n) is 8.55. The number of carboxylic acids is 1. The molecule has 0 radical (unpaired) electrons. The lowest BCUT2D eigenvalue weighted by Gasteiger charge is -2.38. The molecular formula is C25H29N3O5. The largest absolute Gasteiger partial charge is 0.480 e. The van der Waals surface area contributed by atoms with E-state index in [4.69, 9.17) is 4.74 Å². The predicted molar refractivity (Wildman–Crippen MR) is 123 cm³/mol. The predicted octanol–water partition coefficient (Wildman–Crippen LogP) is 2.53. The van der Waals surface area contributed by atoms with Crippen LogP contribution in [0.2, 0.25) is 0 Å². The smallest absolute Gasteiger partial charge is 0.407 e. The van der Waals surface area contributed by atoms with E-state index in [1.807, 2.05) is 36.4 Å². The van der Waals surface area contributed by atoms with Gasteiger partial charge in [-0.05, 0) is 35.7 Å². The van der Waals surface area contributed by atoms with Gasteiger partial charge in [0.05, 0.1) is 0 Å². The van der Waals surface area contributed by atoms with Crippen LogP contribution in [0.1, 0.15) is 30.4 Å². The molecule has 2 aliphatic rings. The number of carbonyl (C=O) groups is 3. The number of carboxylic acid groups (broad SMARTS) is 1. The third kappa shape index (κ3) is 4.57. The lowest BCUT2D eigenvalue weighted by Crippen LogP contribution is -2.59. The Labute approximate surface area is 193 Å². The van der Waals surface area contributed by atoms with Crippen LogP contribution in [0.3, 0.4) is 0 Å². The lowest BCUT2D eigenvalue weighted by molar-refractivity contribution is -0.148. The molecule has 0 saturated carbocycles. The van der Waals surface area contributed by atoms with E-state index in [2.05, 4.69) is 17.4 Å². The minimum atomic E-state index is -0.965. The molecule has 1 aliphatic heterocycles. The molecule has 2 aromatic rings. The van der Waals surface area contributed by atoms with Gasteiger partial charge in [-0.15, -0.1) is 0 Å². The molecule has 2 aromatic carbocycles. The quantitative estimate of drug-likeness (QED) is 0.700. The molecule has 8 nitrogen and oxygen atoms in total. The van der Waals surface area contributed by atoms with Crippen LogP contribution < -0.4 is 5.32 Å². The van der Waals surface area contributed by atoms with Crippen LogP contribution >= 0.6 is 0 Å². The number of rotatable bonds is 6. The molecule has 2 atom stereocenters. The van der Waals surface area contributed by atoms with Gasteiger partial charge in [0.1, 0.15) is 18.7 Å². The van der Waals surface area contributed by atoms with Crippen LogP contribution in [0.4, 0.5) is 4.79 Å². The number of alkyl carbamates (subject to hydrolysis) is 1. The molecule has 2 N–H and O–H groups in total. The van der Waals surface area contributed by atoms with Crippen molar-refractivity contribution in [2.75, 3.05) is 33.3 Å². The molecule has 1 saturated heterocycles. The molecule has 1 aliphatic carbocycles. The first kappa shape index (κ1) is 22.8. The number of nitrogens with one attached hydrogen (secondary N) is 1. The number of fused-ring (bicyclic) bond motifs is 3. The maximum Gasteiger partial charge on any atom is 0.407 e. The zero-order valence-corrected chi connectivity index (χ0v) is 18.9. The summed E-state index contributed by atoms with van der Waals surface area (Å²) in [4.78, 5) is 40.3. The summed E-state index contributed by atoms with van der Waals surface area (Å²) in [6.07, 6.45) is -0.270. The number of likely N-dealkylation sites (N-methyl/N-ethyl adjacent to an activating group) is 1. The van der Waals surface area contributed by atoms with Gasteiger partial charge in [0.15, 0.2) is 0 Å². The average Bonchev–Trinajstić information content (AvgIpc) is 3.14. The van der Waals surface area contributed by atoms with Crippen molar-refractivity contribution in [2.24, 2.45) is 0 Å². The molecule has 1 heterocycles. The SMILES string of the molecule is CC[C@@H](NC(=O)OCC1c2ccccc2-c2ccccc21)C(=O)N1CCN(C)C(C(=O)O)C1. The molecule has 4 rings (SSSR count). The van der Waals surface area contributed by atoms with Crippen LogP contribution in [0, 0.1) is 0 Å². The monoisotopic (exact) mass is 451 g/mol. The highest BCUT2D eigenvalue weighted by atomic mass is 16.5. The van der Waals surface area contributed by atoms with E-state index in [1.54, 1.807) is 18.9 Å². The van der Waals surface area contributed by atoms with Crippen molar-refractivity contribution in [2.45, 2.75) is 31.3 Å². The standard InChI is InChI=1S/C25H29N3O5/c1-3-21(23(29)28-13-12-27(2)22(14-28)24(30)31)26-25(32)33-15-20-18-10-6-4-8-16(18)17-9-5-7-11-19(17)20/h4-11,20-22H,3,12-15H2,1-2H3,(H,26,32)(H,30,31)/t21-,22?/m1/s1. The topological polar surface area (TPSA) is 99.2 Å². The number of aliphatic carboxylic acids is 1. The fraction of sp³-hybridized carbons (Fsp3) is 0.400. The van der Waals surface area contributed by atoms with E-state index in [-0.39, 0.29) is 25.0 Å². The van der Waals surface area contributed by atoms with Crippen molar-refractivity contribution in [1.82, 2.24) is 15.1 Å². The van der Waals surface area contributed by atoms with Gasteiger partial charge in [0.25, 0.3) is 0 Å². The summed E-state index contributed by atoms with van der Waals surface area (Å²) in [6, 6.07) is 14.7.